The Morgan fingerprint density at radius 3 is 2.21 bits per heavy atom. The third kappa shape index (κ3) is 12.7. The van der Waals surface area contributed by atoms with Gasteiger partial charge in [0.25, 0.3) is 0 Å². The van der Waals surface area contributed by atoms with Gasteiger partial charge in [0.15, 0.2) is 5.96 Å². The van der Waals surface area contributed by atoms with Gasteiger partial charge in [-0.3, -0.25) is 4.99 Å². The summed E-state index contributed by atoms with van der Waals surface area (Å²) in [4.78, 5) is 18.5. The Labute approximate surface area is 165 Å². The van der Waals surface area contributed by atoms with Gasteiger partial charge in [-0.15, -0.1) is 24.0 Å². The zero-order valence-electron chi connectivity index (χ0n) is 16.6. The van der Waals surface area contributed by atoms with Crippen LogP contribution < -0.4 is 10.6 Å². The predicted octanol–water partition coefficient (Wildman–Crippen LogP) is 3.60. The largest absolute Gasteiger partial charge is 0.444 e. The number of hydrogen-bond donors (Lipinski definition) is 2. The molecule has 0 rings (SSSR count). The average Bonchev–Trinajstić information content (AvgIpc) is 2.35. The van der Waals surface area contributed by atoms with Crippen molar-refractivity contribution in [3.8, 4) is 0 Å². The van der Waals surface area contributed by atoms with E-state index in [1.54, 1.807) is 4.90 Å². The highest BCUT2D eigenvalue weighted by Gasteiger charge is 2.23. The number of hydrogen-bond acceptors (Lipinski definition) is 3. The van der Waals surface area contributed by atoms with Crippen molar-refractivity contribution < 1.29 is 9.53 Å². The number of halogens is 1. The van der Waals surface area contributed by atoms with Crippen LogP contribution in [0.1, 0.15) is 61.8 Å². The van der Waals surface area contributed by atoms with E-state index in [1.807, 2.05) is 41.5 Å². The van der Waals surface area contributed by atoms with Crippen molar-refractivity contribution in [2.24, 2.45) is 4.99 Å². The van der Waals surface area contributed by atoms with Gasteiger partial charge < -0.3 is 20.3 Å². The first-order chi connectivity index (χ1) is 10.6. The van der Waals surface area contributed by atoms with Gasteiger partial charge in [-0.1, -0.05) is 0 Å². The van der Waals surface area contributed by atoms with E-state index in [0.717, 1.165) is 18.9 Å². The maximum atomic E-state index is 12.2. The van der Waals surface area contributed by atoms with Crippen LogP contribution in [-0.2, 0) is 4.74 Å². The summed E-state index contributed by atoms with van der Waals surface area (Å²) < 4.78 is 5.46. The molecule has 2 N–H and O–H groups in total. The standard InChI is InChI=1S/C17H36N4O2.HI/c1-9-18-15(20-13(2)3)19-11-10-12-21(14(4)5)16(22)23-17(6,7)8;/h13-14H,9-12H2,1-8H3,(H2,18,19,20);1H. The van der Waals surface area contributed by atoms with Gasteiger partial charge in [-0.25, -0.2) is 4.79 Å². The van der Waals surface area contributed by atoms with E-state index in [1.165, 1.54) is 0 Å². The van der Waals surface area contributed by atoms with Gasteiger partial charge in [-0.05, 0) is 61.8 Å². The fourth-order valence-corrected chi connectivity index (χ4v) is 1.91. The lowest BCUT2D eigenvalue weighted by atomic mass is 10.2. The summed E-state index contributed by atoms with van der Waals surface area (Å²) >= 11 is 0. The molecule has 0 aliphatic rings. The highest BCUT2D eigenvalue weighted by molar-refractivity contribution is 14.0. The molecule has 0 saturated heterocycles. The van der Waals surface area contributed by atoms with Gasteiger partial charge in [-0.2, -0.15) is 0 Å². The maximum absolute atomic E-state index is 12.2. The van der Waals surface area contributed by atoms with E-state index >= 15 is 0 Å². The van der Waals surface area contributed by atoms with Crippen molar-refractivity contribution in [1.82, 2.24) is 15.5 Å². The number of rotatable bonds is 7. The predicted molar refractivity (Wildman–Crippen MR) is 112 cm³/mol. The average molecular weight is 456 g/mol. The molecule has 0 saturated carbocycles. The third-order valence-electron chi connectivity index (χ3n) is 2.85. The Morgan fingerprint density at radius 2 is 1.79 bits per heavy atom. The van der Waals surface area contributed by atoms with Crippen molar-refractivity contribution in [2.45, 2.75) is 79.5 Å². The fourth-order valence-electron chi connectivity index (χ4n) is 1.91. The molecule has 0 aromatic rings. The van der Waals surface area contributed by atoms with E-state index in [0.29, 0.717) is 19.1 Å². The maximum Gasteiger partial charge on any atom is 0.410 e. The lowest BCUT2D eigenvalue weighted by Gasteiger charge is -2.30. The van der Waals surface area contributed by atoms with Gasteiger partial charge in [0.1, 0.15) is 5.60 Å². The first-order valence-corrected chi connectivity index (χ1v) is 8.61. The molecule has 0 aliphatic carbocycles. The van der Waals surface area contributed by atoms with Crippen LogP contribution >= 0.6 is 24.0 Å². The lowest BCUT2D eigenvalue weighted by Crippen LogP contribution is -2.42. The minimum absolute atomic E-state index is 0. The van der Waals surface area contributed by atoms with Crippen LogP contribution in [0.2, 0.25) is 0 Å². The summed E-state index contributed by atoms with van der Waals surface area (Å²) in [7, 11) is 0. The van der Waals surface area contributed by atoms with Crippen molar-refractivity contribution in [2.75, 3.05) is 19.6 Å². The number of ether oxygens (including phenoxy) is 1. The van der Waals surface area contributed by atoms with Gasteiger partial charge in [0, 0.05) is 31.7 Å². The van der Waals surface area contributed by atoms with E-state index in [4.69, 9.17) is 4.74 Å². The second-order valence-corrected chi connectivity index (χ2v) is 7.18. The molecule has 0 aliphatic heterocycles. The molecule has 0 atom stereocenters. The number of guanidine groups is 1. The summed E-state index contributed by atoms with van der Waals surface area (Å²) in [6, 6.07) is 0.442. The van der Waals surface area contributed by atoms with Crippen LogP contribution in [0.5, 0.6) is 0 Å². The smallest absolute Gasteiger partial charge is 0.410 e. The number of carbonyl (C=O) groups excluding carboxylic acids is 1. The first-order valence-electron chi connectivity index (χ1n) is 8.61. The van der Waals surface area contributed by atoms with Crippen molar-refractivity contribution in [3.05, 3.63) is 0 Å². The Kier molecular flexibility index (Phi) is 13.4. The molecule has 1 amide bonds. The zero-order chi connectivity index (χ0) is 18.0. The van der Waals surface area contributed by atoms with Gasteiger partial charge >= 0.3 is 6.09 Å². The summed E-state index contributed by atoms with van der Waals surface area (Å²) in [5.74, 6) is 0.816. The van der Waals surface area contributed by atoms with E-state index in [-0.39, 0.29) is 36.1 Å². The first kappa shape index (κ1) is 25.5. The Bertz CT molecular complexity index is 379. The number of amides is 1. The number of nitrogens with one attached hydrogen (secondary N) is 2. The molecule has 6 nitrogen and oxygen atoms in total. The van der Waals surface area contributed by atoms with Crippen LogP contribution in [0, 0.1) is 0 Å². The number of aliphatic imine (C=N–C) groups is 1. The van der Waals surface area contributed by atoms with Crippen LogP contribution in [0.15, 0.2) is 4.99 Å². The molecule has 0 aromatic carbocycles. The summed E-state index contributed by atoms with van der Waals surface area (Å²) in [5, 5.41) is 6.49. The normalized spacial score (nSPS) is 12.0. The molecule has 0 heterocycles. The Balaban J connectivity index is 0. The molecule has 0 radical (unpaired) electrons. The Hall–Kier alpha value is -0.730. The monoisotopic (exact) mass is 456 g/mol. The summed E-state index contributed by atoms with van der Waals surface area (Å²) in [6.07, 6.45) is 0.537. The molecule has 7 heteroatoms. The van der Waals surface area contributed by atoms with E-state index in [2.05, 4.69) is 29.5 Å². The van der Waals surface area contributed by atoms with Gasteiger partial charge in [0.2, 0.25) is 0 Å². The molecule has 0 spiro atoms. The highest BCUT2D eigenvalue weighted by atomic mass is 127. The lowest BCUT2D eigenvalue weighted by molar-refractivity contribution is 0.0190. The minimum Gasteiger partial charge on any atom is -0.444 e. The zero-order valence-corrected chi connectivity index (χ0v) is 18.9. The summed E-state index contributed by atoms with van der Waals surface area (Å²) in [5.41, 5.74) is -0.470. The van der Waals surface area contributed by atoms with Crippen LogP contribution in [0.3, 0.4) is 0 Å². The topological polar surface area (TPSA) is 66.0 Å². The molecular weight excluding hydrogens is 419 g/mol. The fraction of sp³-hybridized carbons (Fsp3) is 0.882. The van der Waals surface area contributed by atoms with E-state index < -0.39 is 5.60 Å². The second kappa shape index (κ2) is 12.6. The van der Waals surface area contributed by atoms with Crippen LogP contribution in [0.4, 0.5) is 4.79 Å². The molecule has 24 heavy (non-hydrogen) atoms. The molecule has 0 unspecified atom stereocenters. The van der Waals surface area contributed by atoms with Crippen molar-refractivity contribution >= 4 is 36.0 Å². The quantitative estimate of drug-likeness (QED) is 0.266. The van der Waals surface area contributed by atoms with Crippen LogP contribution in [0.25, 0.3) is 0 Å². The molecule has 0 bridgehead atoms. The number of carbonyl (C=O) groups is 1. The highest BCUT2D eigenvalue weighted by Crippen LogP contribution is 2.12. The van der Waals surface area contributed by atoms with Crippen LogP contribution in [-0.4, -0.2) is 54.3 Å². The molecule has 0 fully saturated rings. The van der Waals surface area contributed by atoms with E-state index in [9.17, 15) is 4.79 Å². The Morgan fingerprint density at radius 1 is 1.21 bits per heavy atom. The third-order valence-corrected chi connectivity index (χ3v) is 2.85. The second-order valence-electron chi connectivity index (χ2n) is 7.18. The molecular formula is C17H37IN4O2. The van der Waals surface area contributed by atoms with Crippen molar-refractivity contribution in [3.63, 3.8) is 0 Å². The summed E-state index contributed by atoms with van der Waals surface area (Å²) in [6.45, 7) is 18.0. The number of nitrogens with zero attached hydrogens (tertiary/aromatic N) is 2. The van der Waals surface area contributed by atoms with Crippen molar-refractivity contribution in [1.29, 1.82) is 0 Å². The molecule has 144 valence electrons. The van der Waals surface area contributed by atoms with Gasteiger partial charge in [0.05, 0.1) is 0 Å². The SMILES string of the molecule is CCNC(=NCCCN(C(=O)OC(C)(C)C)C(C)C)NC(C)C.I. The molecule has 0 aromatic heterocycles. The minimum atomic E-state index is -0.470.